The number of oxazole rings is 1. The zero-order valence-corrected chi connectivity index (χ0v) is 16.5. The molecule has 1 aromatic carbocycles. The zero-order valence-electron chi connectivity index (χ0n) is 15.7. The Bertz CT molecular complexity index is 1050. The van der Waals surface area contributed by atoms with Gasteiger partial charge in [0.25, 0.3) is 0 Å². The van der Waals surface area contributed by atoms with Crippen LogP contribution >= 0.6 is 11.8 Å². The number of fused-ring (bicyclic) bond motifs is 1. The number of carboxylic acid groups (broad SMARTS) is 1. The minimum absolute atomic E-state index is 0.0526. The molecule has 1 N–H and O–H groups in total. The monoisotopic (exact) mass is 413 g/mol. The van der Waals surface area contributed by atoms with Crippen LogP contribution in [-0.4, -0.2) is 28.6 Å². The van der Waals surface area contributed by atoms with Crippen LogP contribution in [0, 0.1) is 6.92 Å². The van der Waals surface area contributed by atoms with E-state index in [0.29, 0.717) is 24.5 Å². The molecule has 1 aliphatic heterocycles. The maximum atomic E-state index is 10.5. The number of benzene rings is 1. The van der Waals surface area contributed by atoms with Gasteiger partial charge >= 0.3 is 5.97 Å². The maximum absolute atomic E-state index is 10.5. The molecule has 7 nitrogen and oxygen atoms in total. The van der Waals surface area contributed by atoms with Crippen LogP contribution in [0.15, 0.2) is 50.7 Å². The van der Waals surface area contributed by atoms with Gasteiger partial charge in [-0.25, -0.2) is 4.98 Å². The average molecular weight is 413 g/mol. The van der Waals surface area contributed by atoms with Gasteiger partial charge in [-0.3, -0.25) is 4.79 Å². The number of ether oxygens (including phenoxy) is 2. The van der Waals surface area contributed by atoms with E-state index in [9.17, 15) is 4.79 Å². The van der Waals surface area contributed by atoms with Crippen molar-refractivity contribution < 1.29 is 28.2 Å². The molecule has 0 amide bonds. The number of carboxylic acids is 1. The quantitative estimate of drug-likeness (QED) is 0.579. The highest BCUT2D eigenvalue weighted by molar-refractivity contribution is 8.02. The zero-order chi connectivity index (χ0) is 20.2. The summed E-state index contributed by atoms with van der Waals surface area (Å²) in [5.74, 6) is 3.49. The van der Waals surface area contributed by atoms with Crippen LogP contribution in [0.2, 0.25) is 0 Å². The highest BCUT2D eigenvalue weighted by Gasteiger charge is 2.18. The van der Waals surface area contributed by atoms with Gasteiger partial charge in [0.15, 0.2) is 11.5 Å². The molecule has 0 atom stereocenters. The average Bonchev–Trinajstić information content (AvgIpc) is 3.41. The van der Waals surface area contributed by atoms with Crippen molar-refractivity contribution in [2.45, 2.75) is 19.8 Å². The Hall–Kier alpha value is -3.13. The summed E-state index contributed by atoms with van der Waals surface area (Å²) >= 11 is 1.24. The lowest BCUT2D eigenvalue weighted by molar-refractivity contribution is -0.133. The number of aliphatic carboxylic acids is 1. The van der Waals surface area contributed by atoms with Gasteiger partial charge in [0.1, 0.15) is 17.3 Å². The van der Waals surface area contributed by atoms with Gasteiger partial charge in [0, 0.05) is 12.0 Å². The molecular weight excluding hydrogens is 394 g/mol. The SMILES string of the molecule is Cc1oc(-c2ccc3c(c2)OCO3)nc1Cc1ccc(C/C=C/SCC(=O)O)o1. The number of carbonyl (C=O) groups is 1. The van der Waals surface area contributed by atoms with Crippen LogP contribution in [0.3, 0.4) is 0 Å². The van der Waals surface area contributed by atoms with Crippen LogP contribution in [0.25, 0.3) is 11.5 Å². The van der Waals surface area contributed by atoms with E-state index in [0.717, 1.165) is 34.3 Å². The first-order valence-corrected chi connectivity index (χ1v) is 10.1. The molecule has 2 aromatic heterocycles. The first-order valence-electron chi connectivity index (χ1n) is 9.01. The third kappa shape index (κ3) is 4.65. The molecule has 0 bridgehead atoms. The van der Waals surface area contributed by atoms with Crippen molar-refractivity contribution >= 4 is 17.7 Å². The highest BCUT2D eigenvalue weighted by Crippen LogP contribution is 2.36. The minimum Gasteiger partial charge on any atom is -0.481 e. The molecule has 3 aromatic rings. The molecule has 0 unspecified atom stereocenters. The first-order chi connectivity index (χ1) is 14.1. The highest BCUT2D eigenvalue weighted by atomic mass is 32.2. The number of hydrogen-bond acceptors (Lipinski definition) is 7. The standard InChI is InChI=1S/C21H19NO6S/c1-13-17(10-16-6-5-15(28-16)3-2-8-29-11-20(23)24)22-21(27-13)14-4-7-18-19(9-14)26-12-25-18/h2,4-9H,3,10-12H2,1H3,(H,23,24)/b8-2+. The number of aromatic nitrogens is 1. The van der Waals surface area contributed by atoms with E-state index in [1.807, 2.05) is 43.3 Å². The molecule has 0 spiro atoms. The van der Waals surface area contributed by atoms with E-state index in [1.165, 1.54) is 11.8 Å². The maximum Gasteiger partial charge on any atom is 0.313 e. The van der Waals surface area contributed by atoms with Crippen LogP contribution in [0.4, 0.5) is 0 Å². The van der Waals surface area contributed by atoms with Gasteiger partial charge in [-0.15, -0.1) is 11.8 Å². The van der Waals surface area contributed by atoms with Gasteiger partial charge in [0.2, 0.25) is 12.7 Å². The molecule has 0 aliphatic carbocycles. The lowest BCUT2D eigenvalue weighted by atomic mass is 10.2. The lowest BCUT2D eigenvalue weighted by Crippen LogP contribution is -1.95. The fraction of sp³-hybridized carbons (Fsp3) is 0.238. The molecule has 8 heteroatoms. The molecule has 4 rings (SSSR count). The molecule has 0 radical (unpaired) electrons. The van der Waals surface area contributed by atoms with Crippen LogP contribution in [0.5, 0.6) is 11.5 Å². The van der Waals surface area contributed by atoms with Crippen molar-refractivity contribution in [2.75, 3.05) is 12.5 Å². The Kier molecular flexibility index (Phi) is 5.62. The van der Waals surface area contributed by atoms with E-state index >= 15 is 0 Å². The van der Waals surface area contributed by atoms with E-state index in [1.54, 1.807) is 5.41 Å². The number of rotatable bonds is 8. The summed E-state index contributed by atoms with van der Waals surface area (Å²) in [6, 6.07) is 9.43. The summed E-state index contributed by atoms with van der Waals surface area (Å²) in [7, 11) is 0. The fourth-order valence-corrected chi connectivity index (χ4v) is 3.36. The Balaban J connectivity index is 1.40. The Morgan fingerprint density at radius 3 is 2.86 bits per heavy atom. The van der Waals surface area contributed by atoms with E-state index in [4.69, 9.17) is 23.4 Å². The van der Waals surface area contributed by atoms with Crippen LogP contribution < -0.4 is 9.47 Å². The van der Waals surface area contributed by atoms with Gasteiger partial charge < -0.3 is 23.4 Å². The minimum atomic E-state index is -0.831. The lowest BCUT2D eigenvalue weighted by Gasteiger charge is -1.98. The van der Waals surface area contributed by atoms with Crippen molar-refractivity contribution in [3.05, 3.63) is 64.8 Å². The van der Waals surface area contributed by atoms with Crippen molar-refractivity contribution in [1.82, 2.24) is 4.98 Å². The summed E-state index contributed by atoms with van der Waals surface area (Å²) in [5.41, 5.74) is 1.64. The third-order valence-corrected chi connectivity index (χ3v) is 5.09. The van der Waals surface area contributed by atoms with Crippen molar-refractivity contribution in [2.24, 2.45) is 0 Å². The molecule has 3 heterocycles. The number of nitrogens with zero attached hydrogens (tertiary/aromatic N) is 1. The molecule has 0 fully saturated rings. The van der Waals surface area contributed by atoms with Crippen molar-refractivity contribution in [3.8, 4) is 23.0 Å². The molecule has 29 heavy (non-hydrogen) atoms. The second kappa shape index (κ2) is 8.48. The number of furan rings is 1. The number of aryl methyl sites for hydroxylation is 1. The van der Waals surface area contributed by atoms with Crippen LogP contribution in [-0.2, 0) is 17.6 Å². The molecular formula is C21H19NO6S. The summed E-state index contributed by atoms with van der Waals surface area (Å²) in [4.78, 5) is 15.1. The smallest absolute Gasteiger partial charge is 0.313 e. The van der Waals surface area contributed by atoms with Crippen molar-refractivity contribution in [1.29, 1.82) is 0 Å². The fourth-order valence-electron chi connectivity index (χ4n) is 2.89. The summed E-state index contributed by atoms with van der Waals surface area (Å²) in [5, 5.41) is 10.4. The van der Waals surface area contributed by atoms with E-state index in [-0.39, 0.29) is 12.5 Å². The van der Waals surface area contributed by atoms with Gasteiger partial charge in [-0.05, 0) is 42.7 Å². The Morgan fingerprint density at radius 1 is 1.17 bits per heavy atom. The van der Waals surface area contributed by atoms with Crippen molar-refractivity contribution in [3.63, 3.8) is 0 Å². The summed E-state index contributed by atoms with van der Waals surface area (Å²) in [6.07, 6.45) is 3.01. The predicted octanol–water partition coefficient (Wildman–Crippen LogP) is 4.44. The largest absolute Gasteiger partial charge is 0.481 e. The second-order valence-electron chi connectivity index (χ2n) is 6.42. The third-order valence-electron chi connectivity index (χ3n) is 4.29. The summed E-state index contributed by atoms with van der Waals surface area (Å²) < 4.78 is 22.4. The van der Waals surface area contributed by atoms with E-state index in [2.05, 4.69) is 4.98 Å². The topological polar surface area (TPSA) is 94.9 Å². The number of allylic oxidation sites excluding steroid dienone is 1. The number of thioether (sulfide) groups is 1. The molecule has 0 saturated carbocycles. The normalized spacial score (nSPS) is 12.7. The molecule has 1 aliphatic rings. The van der Waals surface area contributed by atoms with E-state index < -0.39 is 5.97 Å². The first kappa shape index (κ1) is 19.2. The predicted molar refractivity (Wildman–Crippen MR) is 107 cm³/mol. The molecule has 150 valence electrons. The molecule has 0 saturated heterocycles. The summed E-state index contributed by atoms with van der Waals surface area (Å²) in [6.45, 7) is 2.11. The van der Waals surface area contributed by atoms with Gasteiger partial charge in [0.05, 0.1) is 17.9 Å². The van der Waals surface area contributed by atoms with Gasteiger partial charge in [-0.2, -0.15) is 0 Å². The van der Waals surface area contributed by atoms with Gasteiger partial charge in [-0.1, -0.05) is 6.08 Å². The second-order valence-corrected chi connectivity index (χ2v) is 7.31. The number of hydrogen-bond donors (Lipinski definition) is 1. The Labute approximate surface area is 171 Å². The Morgan fingerprint density at radius 2 is 2.00 bits per heavy atom. The van der Waals surface area contributed by atoms with Crippen LogP contribution in [0.1, 0.15) is 23.0 Å².